The number of nitrogens with one attached hydrogen (secondary N) is 1. The molecular formula is C17H31N3. The molecule has 0 amide bonds. The minimum Gasteiger partial charge on any atom is -0.317 e. The molecule has 20 heavy (non-hydrogen) atoms. The normalized spacial score (nSPS) is 27.2. The van der Waals surface area contributed by atoms with Crippen molar-refractivity contribution in [2.45, 2.75) is 58.9 Å². The summed E-state index contributed by atoms with van der Waals surface area (Å²) in [5.74, 6) is 2.46. The molecule has 1 fully saturated rings. The van der Waals surface area contributed by atoms with E-state index in [1.165, 1.54) is 30.7 Å². The zero-order valence-corrected chi connectivity index (χ0v) is 13.8. The number of aryl methyl sites for hydroxylation is 2. The first kappa shape index (κ1) is 15.6. The predicted molar refractivity (Wildman–Crippen MR) is 84.8 cm³/mol. The smallest absolute Gasteiger partial charge is 0.0624 e. The van der Waals surface area contributed by atoms with Crippen LogP contribution in [0.1, 0.15) is 51.4 Å². The van der Waals surface area contributed by atoms with Gasteiger partial charge < -0.3 is 5.32 Å². The molecule has 1 N–H and O–H groups in total. The van der Waals surface area contributed by atoms with Gasteiger partial charge in [-0.05, 0) is 63.0 Å². The van der Waals surface area contributed by atoms with Crippen molar-refractivity contribution < 1.29 is 0 Å². The van der Waals surface area contributed by atoms with Crippen LogP contribution >= 0.6 is 0 Å². The minimum absolute atomic E-state index is 0.671. The molecule has 2 rings (SSSR count). The molecule has 3 nitrogen and oxygen atoms in total. The van der Waals surface area contributed by atoms with Crippen LogP contribution in [0, 0.1) is 17.8 Å². The van der Waals surface area contributed by atoms with E-state index >= 15 is 0 Å². The molecule has 114 valence electrons. The number of hydrogen-bond acceptors (Lipinski definition) is 2. The SMILES string of the molecule is CCc1cc(CC2CC(C(C)C)CCC2NC)n(C)n1. The average molecular weight is 277 g/mol. The fourth-order valence-corrected chi connectivity index (χ4v) is 3.72. The molecule has 1 aliphatic carbocycles. The Morgan fingerprint density at radius 1 is 1.40 bits per heavy atom. The van der Waals surface area contributed by atoms with Crippen molar-refractivity contribution in [3.63, 3.8) is 0 Å². The Balaban J connectivity index is 2.08. The molecule has 1 heterocycles. The molecule has 3 unspecified atom stereocenters. The number of nitrogens with zero attached hydrogens (tertiary/aromatic N) is 2. The lowest BCUT2D eigenvalue weighted by molar-refractivity contribution is 0.171. The highest BCUT2D eigenvalue weighted by molar-refractivity contribution is 5.11. The van der Waals surface area contributed by atoms with Gasteiger partial charge in [0, 0.05) is 18.8 Å². The van der Waals surface area contributed by atoms with Gasteiger partial charge in [0.1, 0.15) is 0 Å². The van der Waals surface area contributed by atoms with Crippen LogP contribution in [0.3, 0.4) is 0 Å². The molecule has 0 spiro atoms. The number of aromatic nitrogens is 2. The molecule has 3 heteroatoms. The molecule has 1 saturated carbocycles. The van der Waals surface area contributed by atoms with Crippen molar-refractivity contribution in [3.05, 3.63) is 17.5 Å². The standard InChI is InChI=1S/C17H31N3/c1-6-15-11-16(20(5)19-15)10-14-9-13(12(2)3)7-8-17(14)18-4/h11-14,17-18H,6-10H2,1-5H3. The van der Waals surface area contributed by atoms with E-state index in [1.807, 2.05) is 0 Å². The number of hydrogen-bond donors (Lipinski definition) is 1. The summed E-state index contributed by atoms with van der Waals surface area (Å²) in [6.45, 7) is 6.93. The van der Waals surface area contributed by atoms with E-state index in [9.17, 15) is 0 Å². The van der Waals surface area contributed by atoms with Gasteiger partial charge in [-0.25, -0.2) is 0 Å². The molecular weight excluding hydrogens is 246 g/mol. The maximum absolute atomic E-state index is 4.60. The highest BCUT2D eigenvalue weighted by Gasteiger charge is 2.31. The molecule has 0 bridgehead atoms. The molecule has 0 aliphatic heterocycles. The van der Waals surface area contributed by atoms with Crippen molar-refractivity contribution in [1.29, 1.82) is 0 Å². The second kappa shape index (κ2) is 6.75. The van der Waals surface area contributed by atoms with Crippen molar-refractivity contribution in [2.24, 2.45) is 24.8 Å². The first-order valence-electron chi connectivity index (χ1n) is 8.24. The molecule has 1 aromatic rings. The fraction of sp³-hybridized carbons (Fsp3) is 0.824. The van der Waals surface area contributed by atoms with Gasteiger partial charge in [-0.15, -0.1) is 0 Å². The Morgan fingerprint density at radius 3 is 2.70 bits per heavy atom. The molecule has 1 aromatic heterocycles. The van der Waals surface area contributed by atoms with Gasteiger partial charge in [-0.1, -0.05) is 20.8 Å². The highest BCUT2D eigenvalue weighted by atomic mass is 15.3. The van der Waals surface area contributed by atoms with Crippen molar-refractivity contribution >= 4 is 0 Å². The molecule has 3 atom stereocenters. The van der Waals surface area contributed by atoms with E-state index in [-0.39, 0.29) is 0 Å². The summed E-state index contributed by atoms with van der Waals surface area (Å²) in [6.07, 6.45) is 6.25. The summed E-state index contributed by atoms with van der Waals surface area (Å²) in [6, 6.07) is 2.97. The molecule has 0 aromatic carbocycles. The van der Waals surface area contributed by atoms with Gasteiger partial charge in [0.2, 0.25) is 0 Å². The fourth-order valence-electron chi connectivity index (χ4n) is 3.72. The lowest BCUT2D eigenvalue weighted by Crippen LogP contribution is -2.40. The average Bonchev–Trinajstić information content (AvgIpc) is 2.79. The van der Waals surface area contributed by atoms with Crippen LogP contribution in [-0.2, 0) is 19.9 Å². The van der Waals surface area contributed by atoms with E-state index in [0.717, 1.165) is 30.6 Å². The van der Waals surface area contributed by atoms with Gasteiger partial charge in [-0.2, -0.15) is 5.10 Å². The third-order valence-electron chi connectivity index (χ3n) is 5.20. The monoisotopic (exact) mass is 277 g/mol. The van der Waals surface area contributed by atoms with Crippen LogP contribution in [0.25, 0.3) is 0 Å². The maximum Gasteiger partial charge on any atom is 0.0624 e. The first-order valence-corrected chi connectivity index (χ1v) is 8.24. The first-order chi connectivity index (χ1) is 9.55. The summed E-state index contributed by atoms with van der Waals surface area (Å²) in [7, 11) is 4.21. The van der Waals surface area contributed by atoms with E-state index in [0.29, 0.717) is 6.04 Å². The van der Waals surface area contributed by atoms with Gasteiger partial charge in [0.05, 0.1) is 5.69 Å². The maximum atomic E-state index is 4.60. The minimum atomic E-state index is 0.671. The Labute approximate surface area is 124 Å². The Bertz CT molecular complexity index is 422. The third kappa shape index (κ3) is 3.43. The summed E-state index contributed by atoms with van der Waals surface area (Å²) < 4.78 is 2.09. The van der Waals surface area contributed by atoms with E-state index in [2.05, 4.69) is 56.0 Å². The summed E-state index contributed by atoms with van der Waals surface area (Å²) >= 11 is 0. The lowest BCUT2D eigenvalue weighted by Gasteiger charge is -2.38. The van der Waals surface area contributed by atoms with E-state index < -0.39 is 0 Å². The van der Waals surface area contributed by atoms with E-state index in [4.69, 9.17) is 0 Å². The van der Waals surface area contributed by atoms with Gasteiger partial charge in [-0.3, -0.25) is 4.68 Å². The molecule has 0 radical (unpaired) electrons. The van der Waals surface area contributed by atoms with Crippen LogP contribution in [0.4, 0.5) is 0 Å². The third-order valence-corrected chi connectivity index (χ3v) is 5.20. The van der Waals surface area contributed by atoms with Gasteiger partial charge in [0.15, 0.2) is 0 Å². The topological polar surface area (TPSA) is 29.9 Å². The van der Waals surface area contributed by atoms with Crippen LogP contribution in [0.5, 0.6) is 0 Å². The molecule has 0 saturated heterocycles. The summed E-state index contributed by atoms with van der Waals surface area (Å²) in [4.78, 5) is 0. The number of rotatable bonds is 5. The summed E-state index contributed by atoms with van der Waals surface area (Å²) in [5, 5.41) is 8.14. The summed E-state index contributed by atoms with van der Waals surface area (Å²) in [5.41, 5.74) is 2.62. The van der Waals surface area contributed by atoms with Crippen LogP contribution in [0.15, 0.2) is 6.07 Å². The van der Waals surface area contributed by atoms with Crippen LogP contribution in [-0.4, -0.2) is 22.9 Å². The Hall–Kier alpha value is -0.830. The Kier molecular flexibility index (Phi) is 5.25. The van der Waals surface area contributed by atoms with Crippen molar-refractivity contribution in [3.8, 4) is 0 Å². The van der Waals surface area contributed by atoms with Gasteiger partial charge in [0.25, 0.3) is 0 Å². The highest BCUT2D eigenvalue weighted by Crippen LogP contribution is 2.35. The van der Waals surface area contributed by atoms with Gasteiger partial charge >= 0.3 is 0 Å². The van der Waals surface area contributed by atoms with Crippen molar-refractivity contribution in [1.82, 2.24) is 15.1 Å². The largest absolute Gasteiger partial charge is 0.317 e. The zero-order valence-electron chi connectivity index (χ0n) is 13.8. The van der Waals surface area contributed by atoms with E-state index in [1.54, 1.807) is 0 Å². The second-order valence-corrected chi connectivity index (χ2v) is 6.78. The quantitative estimate of drug-likeness (QED) is 0.896. The second-order valence-electron chi connectivity index (χ2n) is 6.78. The van der Waals surface area contributed by atoms with Crippen LogP contribution < -0.4 is 5.32 Å². The lowest BCUT2D eigenvalue weighted by atomic mass is 9.72. The molecule has 1 aliphatic rings. The Morgan fingerprint density at radius 2 is 2.15 bits per heavy atom. The predicted octanol–water partition coefficient (Wildman–Crippen LogP) is 3.19. The zero-order chi connectivity index (χ0) is 14.7. The van der Waals surface area contributed by atoms with Crippen molar-refractivity contribution in [2.75, 3.05) is 7.05 Å². The van der Waals surface area contributed by atoms with Crippen LogP contribution in [0.2, 0.25) is 0 Å².